The van der Waals surface area contributed by atoms with E-state index in [9.17, 15) is 4.79 Å². The molecule has 2 heterocycles. The van der Waals surface area contributed by atoms with Gasteiger partial charge in [0.2, 0.25) is 0 Å². The third-order valence-corrected chi connectivity index (χ3v) is 4.13. The number of aromatic nitrogens is 3. The summed E-state index contributed by atoms with van der Waals surface area (Å²) in [5, 5.41) is 12.9. The largest absolute Gasteiger partial charge is 0.477 e. The summed E-state index contributed by atoms with van der Waals surface area (Å²) in [5.74, 6) is -0.278. The van der Waals surface area contributed by atoms with E-state index in [0.29, 0.717) is 16.4 Å². The third kappa shape index (κ3) is 2.42. The van der Waals surface area contributed by atoms with Gasteiger partial charge in [-0.15, -0.1) is 11.3 Å². The van der Waals surface area contributed by atoms with Crippen molar-refractivity contribution in [2.24, 2.45) is 0 Å². The van der Waals surface area contributed by atoms with Gasteiger partial charge in [0, 0.05) is 12.4 Å². The standard InChI is InChI=1S/C9H9N3O2S2/c1-6-7(8(13)14)16-9(11-6)15-5-12-4-2-3-10-12/h2-4H,5H2,1H3,(H,13,14). The SMILES string of the molecule is Cc1nc(SCn2cccn2)sc1C(=O)O. The number of carboxylic acids is 1. The molecule has 5 nitrogen and oxygen atoms in total. The first kappa shape index (κ1) is 11.2. The lowest BCUT2D eigenvalue weighted by Crippen LogP contribution is -1.94. The van der Waals surface area contributed by atoms with Gasteiger partial charge in [0.1, 0.15) is 4.88 Å². The highest BCUT2D eigenvalue weighted by Gasteiger charge is 2.13. The molecule has 0 spiro atoms. The Balaban J connectivity index is 2.05. The summed E-state index contributed by atoms with van der Waals surface area (Å²) in [6, 6.07) is 1.84. The fourth-order valence-corrected chi connectivity index (χ4v) is 3.01. The average molecular weight is 255 g/mol. The summed E-state index contributed by atoms with van der Waals surface area (Å²) < 4.78 is 2.52. The first-order chi connectivity index (χ1) is 7.66. The van der Waals surface area contributed by atoms with Crippen LogP contribution in [0.4, 0.5) is 0 Å². The number of thioether (sulfide) groups is 1. The zero-order valence-electron chi connectivity index (χ0n) is 8.45. The Bertz CT molecular complexity index is 493. The summed E-state index contributed by atoms with van der Waals surface area (Å²) in [5.41, 5.74) is 0.570. The van der Waals surface area contributed by atoms with E-state index in [0.717, 1.165) is 4.34 Å². The van der Waals surface area contributed by atoms with Gasteiger partial charge in [-0.3, -0.25) is 4.68 Å². The van der Waals surface area contributed by atoms with Gasteiger partial charge in [-0.05, 0) is 13.0 Å². The van der Waals surface area contributed by atoms with E-state index < -0.39 is 5.97 Å². The molecule has 0 aromatic carbocycles. The molecule has 84 valence electrons. The van der Waals surface area contributed by atoms with E-state index in [2.05, 4.69) is 10.1 Å². The van der Waals surface area contributed by atoms with Gasteiger partial charge < -0.3 is 5.11 Å². The minimum Gasteiger partial charge on any atom is -0.477 e. The van der Waals surface area contributed by atoms with Gasteiger partial charge in [-0.1, -0.05) is 11.8 Å². The molecule has 0 fully saturated rings. The van der Waals surface area contributed by atoms with E-state index in [1.54, 1.807) is 17.8 Å². The van der Waals surface area contributed by atoms with Crippen LogP contribution in [0.15, 0.2) is 22.8 Å². The van der Waals surface area contributed by atoms with Gasteiger partial charge in [-0.25, -0.2) is 9.78 Å². The Morgan fingerprint density at radius 2 is 2.50 bits per heavy atom. The summed E-state index contributed by atoms with van der Waals surface area (Å²) in [6.07, 6.45) is 3.56. The first-order valence-corrected chi connectivity index (χ1v) is 6.28. The van der Waals surface area contributed by atoms with Crippen molar-refractivity contribution >= 4 is 29.1 Å². The van der Waals surface area contributed by atoms with E-state index in [-0.39, 0.29) is 0 Å². The Morgan fingerprint density at radius 3 is 3.06 bits per heavy atom. The maximum absolute atomic E-state index is 10.8. The molecule has 1 N–H and O–H groups in total. The molecule has 0 radical (unpaired) electrons. The lowest BCUT2D eigenvalue weighted by atomic mass is 10.4. The second kappa shape index (κ2) is 4.67. The maximum atomic E-state index is 10.8. The molecule has 0 aliphatic rings. The van der Waals surface area contributed by atoms with Crippen molar-refractivity contribution in [3.8, 4) is 0 Å². The molecule has 16 heavy (non-hydrogen) atoms. The Kier molecular flexibility index (Phi) is 3.25. The van der Waals surface area contributed by atoms with Crippen LogP contribution in [0.2, 0.25) is 0 Å². The molecule has 2 aromatic rings. The second-order valence-electron chi connectivity index (χ2n) is 3.02. The predicted octanol–water partition coefficient (Wildman–Crippen LogP) is 2.10. The summed E-state index contributed by atoms with van der Waals surface area (Å²) in [7, 11) is 0. The molecule has 2 rings (SSSR count). The van der Waals surface area contributed by atoms with Crippen molar-refractivity contribution in [3.05, 3.63) is 29.0 Å². The first-order valence-electron chi connectivity index (χ1n) is 4.48. The summed E-state index contributed by atoms with van der Waals surface area (Å²) >= 11 is 2.68. The number of hydrogen-bond acceptors (Lipinski definition) is 5. The molecule has 0 aliphatic carbocycles. The number of carbonyl (C=O) groups is 1. The Morgan fingerprint density at radius 1 is 1.69 bits per heavy atom. The Hall–Kier alpha value is -1.34. The van der Waals surface area contributed by atoms with Crippen molar-refractivity contribution in [2.45, 2.75) is 17.1 Å². The molecule has 7 heteroatoms. The average Bonchev–Trinajstić information content (AvgIpc) is 2.83. The van der Waals surface area contributed by atoms with Crippen LogP contribution in [0.3, 0.4) is 0 Å². The molecule has 0 unspecified atom stereocenters. The van der Waals surface area contributed by atoms with Gasteiger partial charge in [0.05, 0.1) is 11.6 Å². The number of aromatic carboxylic acids is 1. The number of hydrogen-bond donors (Lipinski definition) is 1. The van der Waals surface area contributed by atoms with Gasteiger partial charge in [-0.2, -0.15) is 5.10 Å². The highest BCUT2D eigenvalue weighted by atomic mass is 32.2. The summed E-state index contributed by atoms with van der Waals surface area (Å²) in [4.78, 5) is 15.3. The van der Waals surface area contributed by atoms with Crippen LogP contribution in [0.5, 0.6) is 0 Å². The Labute approximate surface area is 100 Å². The number of aryl methyl sites for hydroxylation is 1. The van der Waals surface area contributed by atoms with Gasteiger partial charge in [0.25, 0.3) is 0 Å². The van der Waals surface area contributed by atoms with Gasteiger partial charge >= 0.3 is 5.97 Å². The number of rotatable bonds is 4. The smallest absolute Gasteiger partial charge is 0.347 e. The van der Waals surface area contributed by atoms with E-state index >= 15 is 0 Å². The number of thiazole rings is 1. The minimum absolute atomic E-state index is 0.308. The molecular weight excluding hydrogens is 246 g/mol. The lowest BCUT2D eigenvalue weighted by Gasteiger charge is -1.96. The van der Waals surface area contributed by atoms with Crippen molar-refractivity contribution in [1.82, 2.24) is 14.8 Å². The van der Waals surface area contributed by atoms with Crippen LogP contribution in [-0.2, 0) is 5.88 Å². The van der Waals surface area contributed by atoms with E-state index in [1.807, 2.05) is 12.3 Å². The van der Waals surface area contributed by atoms with Crippen LogP contribution < -0.4 is 0 Å². The van der Waals surface area contributed by atoms with Crippen LogP contribution in [0.1, 0.15) is 15.4 Å². The highest BCUT2D eigenvalue weighted by Crippen LogP contribution is 2.27. The second-order valence-corrected chi connectivity index (χ2v) is 5.21. The topological polar surface area (TPSA) is 68.0 Å². The van der Waals surface area contributed by atoms with Crippen LogP contribution >= 0.6 is 23.1 Å². The monoisotopic (exact) mass is 255 g/mol. The van der Waals surface area contributed by atoms with Gasteiger partial charge in [0.15, 0.2) is 4.34 Å². The molecule has 0 amide bonds. The molecular formula is C9H9N3O2S2. The van der Waals surface area contributed by atoms with Crippen molar-refractivity contribution in [1.29, 1.82) is 0 Å². The minimum atomic E-state index is -0.916. The quantitative estimate of drug-likeness (QED) is 0.847. The van der Waals surface area contributed by atoms with E-state index in [4.69, 9.17) is 5.11 Å². The molecule has 2 aromatic heterocycles. The predicted molar refractivity (Wildman–Crippen MR) is 61.9 cm³/mol. The highest BCUT2D eigenvalue weighted by molar-refractivity contribution is 8.00. The van der Waals surface area contributed by atoms with E-state index in [1.165, 1.54) is 23.1 Å². The van der Waals surface area contributed by atoms with Crippen LogP contribution in [0.25, 0.3) is 0 Å². The van der Waals surface area contributed by atoms with Crippen molar-refractivity contribution in [2.75, 3.05) is 0 Å². The lowest BCUT2D eigenvalue weighted by molar-refractivity contribution is 0.0701. The number of nitrogens with zero attached hydrogens (tertiary/aromatic N) is 3. The normalized spacial score (nSPS) is 10.6. The fourth-order valence-electron chi connectivity index (χ4n) is 1.13. The molecule has 0 saturated carbocycles. The molecule has 0 aliphatic heterocycles. The van der Waals surface area contributed by atoms with Crippen molar-refractivity contribution in [3.63, 3.8) is 0 Å². The van der Waals surface area contributed by atoms with Crippen LogP contribution in [0, 0.1) is 6.92 Å². The third-order valence-electron chi connectivity index (χ3n) is 1.85. The maximum Gasteiger partial charge on any atom is 0.347 e. The summed E-state index contributed by atoms with van der Waals surface area (Å²) in [6.45, 7) is 1.71. The molecule has 0 atom stereocenters. The van der Waals surface area contributed by atoms with Crippen LogP contribution in [-0.4, -0.2) is 25.8 Å². The zero-order valence-corrected chi connectivity index (χ0v) is 10.1. The zero-order chi connectivity index (χ0) is 11.5. The number of carboxylic acid groups (broad SMARTS) is 1. The van der Waals surface area contributed by atoms with Crippen molar-refractivity contribution < 1.29 is 9.90 Å². The fraction of sp³-hybridized carbons (Fsp3) is 0.222. The molecule has 0 saturated heterocycles. The molecule has 0 bridgehead atoms.